The number of pyridine rings is 1. The SMILES string of the molecule is COc1ccc(NC(=O)CN(C)c2ccc(C#N)cn2)cc1Cc1ccccc1. The molecular weight excluding hydrogens is 364 g/mol. The smallest absolute Gasteiger partial charge is 0.243 e. The number of anilines is 2. The number of nitrogens with one attached hydrogen (secondary N) is 1. The van der Waals surface area contributed by atoms with Gasteiger partial charge in [-0.15, -0.1) is 0 Å². The van der Waals surface area contributed by atoms with E-state index in [2.05, 4.69) is 22.4 Å². The molecule has 146 valence electrons. The second kappa shape index (κ2) is 9.38. The molecule has 0 unspecified atom stereocenters. The van der Waals surface area contributed by atoms with Crippen LogP contribution in [0, 0.1) is 11.3 Å². The topological polar surface area (TPSA) is 78.2 Å². The summed E-state index contributed by atoms with van der Waals surface area (Å²) in [6, 6.07) is 21.1. The summed E-state index contributed by atoms with van der Waals surface area (Å²) in [5, 5.41) is 11.8. The Balaban J connectivity index is 1.67. The molecule has 0 bridgehead atoms. The first-order valence-corrected chi connectivity index (χ1v) is 9.17. The van der Waals surface area contributed by atoms with Crippen LogP contribution in [0.1, 0.15) is 16.7 Å². The van der Waals surface area contributed by atoms with Crippen molar-refractivity contribution in [2.45, 2.75) is 6.42 Å². The Morgan fingerprint density at radius 2 is 1.97 bits per heavy atom. The van der Waals surface area contributed by atoms with Crippen molar-refractivity contribution in [2.24, 2.45) is 0 Å². The van der Waals surface area contributed by atoms with E-state index in [1.807, 2.05) is 42.5 Å². The van der Waals surface area contributed by atoms with Crippen molar-refractivity contribution >= 4 is 17.4 Å². The third-order valence-corrected chi connectivity index (χ3v) is 4.45. The third-order valence-electron chi connectivity index (χ3n) is 4.45. The first-order chi connectivity index (χ1) is 14.1. The zero-order valence-corrected chi connectivity index (χ0v) is 16.4. The zero-order valence-electron chi connectivity index (χ0n) is 16.4. The fourth-order valence-electron chi connectivity index (χ4n) is 2.99. The summed E-state index contributed by atoms with van der Waals surface area (Å²) < 4.78 is 5.47. The number of aromatic nitrogens is 1. The number of carbonyl (C=O) groups is 1. The van der Waals surface area contributed by atoms with Gasteiger partial charge in [-0.25, -0.2) is 4.98 Å². The number of rotatable bonds is 7. The Bertz CT molecular complexity index is 1010. The Morgan fingerprint density at radius 1 is 1.17 bits per heavy atom. The minimum Gasteiger partial charge on any atom is -0.496 e. The molecule has 0 saturated heterocycles. The molecule has 0 atom stereocenters. The van der Waals surface area contributed by atoms with Crippen molar-refractivity contribution in [3.05, 3.63) is 83.6 Å². The maximum atomic E-state index is 12.5. The Hall–Kier alpha value is -3.85. The lowest BCUT2D eigenvalue weighted by Crippen LogP contribution is -2.30. The summed E-state index contributed by atoms with van der Waals surface area (Å²) >= 11 is 0. The number of nitriles is 1. The highest BCUT2D eigenvalue weighted by molar-refractivity contribution is 5.94. The van der Waals surface area contributed by atoms with Crippen LogP contribution in [0.2, 0.25) is 0 Å². The molecule has 29 heavy (non-hydrogen) atoms. The molecule has 0 aliphatic carbocycles. The first-order valence-electron chi connectivity index (χ1n) is 9.17. The van der Waals surface area contributed by atoms with Gasteiger partial charge in [0.2, 0.25) is 5.91 Å². The Labute approximate surface area is 170 Å². The molecule has 0 aliphatic heterocycles. The molecule has 2 aromatic carbocycles. The minimum absolute atomic E-state index is 0.138. The minimum atomic E-state index is -0.158. The molecule has 6 nitrogen and oxygen atoms in total. The summed E-state index contributed by atoms with van der Waals surface area (Å²) in [6.07, 6.45) is 2.20. The van der Waals surface area contributed by atoms with Crippen molar-refractivity contribution in [1.82, 2.24) is 4.98 Å². The Morgan fingerprint density at radius 3 is 2.62 bits per heavy atom. The molecule has 6 heteroatoms. The van der Waals surface area contributed by atoms with Crippen molar-refractivity contribution in [3.63, 3.8) is 0 Å². The molecule has 0 spiro atoms. The van der Waals surface area contributed by atoms with Gasteiger partial charge in [0.05, 0.1) is 19.2 Å². The molecule has 1 N–H and O–H groups in total. The predicted molar refractivity (Wildman–Crippen MR) is 113 cm³/mol. The molecule has 1 heterocycles. The summed E-state index contributed by atoms with van der Waals surface area (Å²) in [4.78, 5) is 18.4. The number of hydrogen-bond donors (Lipinski definition) is 1. The maximum Gasteiger partial charge on any atom is 0.243 e. The molecular formula is C23H22N4O2. The van der Waals surface area contributed by atoms with Gasteiger partial charge in [0.1, 0.15) is 17.6 Å². The summed E-state index contributed by atoms with van der Waals surface area (Å²) in [6.45, 7) is 0.138. The van der Waals surface area contributed by atoms with E-state index in [0.29, 0.717) is 23.5 Å². The predicted octanol–water partition coefficient (Wildman–Crippen LogP) is 3.63. The zero-order chi connectivity index (χ0) is 20.6. The van der Waals surface area contributed by atoms with Crippen LogP contribution in [0.5, 0.6) is 5.75 Å². The highest BCUT2D eigenvalue weighted by Gasteiger charge is 2.11. The van der Waals surface area contributed by atoms with Crippen molar-refractivity contribution in [2.75, 3.05) is 30.9 Å². The van der Waals surface area contributed by atoms with Gasteiger partial charge in [0.25, 0.3) is 0 Å². The lowest BCUT2D eigenvalue weighted by molar-refractivity contribution is -0.114. The van der Waals surface area contributed by atoms with Crippen LogP contribution in [0.4, 0.5) is 11.5 Å². The van der Waals surface area contributed by atoms with Crippen LogP contribution in [-0.4, -0.2) is 31.6 Å². The number of carbonyl (C=O) groups excluding carboxylic acids is 1. The summed E-state index contributed by atoms with van der Waals surface area (Å²) in [5.41, 5.74) is 3.36. The standard InChI is InChI=1S/C23H22N4O2/c1-27(22-11-8-18(14-24)15-25-22)16-23(28)26-20-9-10-21(29-2)19(13-20)12-17-6-4-3-5-7-17/h3-11,13,15H,12,16H2,1-2H3,(H,26,28). The molecule has 3 rings (SSSR count). The van der Waals surface area contributed by atoms with E-state index in [-0.39, 0.29) is 12.5 Å². The highest BCUT2D eigenvalue weighted by atomic mass is 16.5. The first kappa shape index (κ1) is 19.9. The molecule has 1 amide bonds. The van der Waals surface area contributed by atoms with E-state index in [1.165, 1.54) is 11.8 Å². The number of amides is 1. The molecule has 0 fully saturated rings. The molecule has 3 aromatic rings. The van der Waals surface area contributed by atoms with E-state index in [9.17, 15) is 4.79 Å². The Kier molecular flexibility index (Phi) is 6.43. The maximum absolute atomic E-state index is 12.5. The lowest BCUT2D eigenvalue weighted by atomic mass is 10.0. The number of ether oxygens (including phenoxy) is 1. The van der Waals surface area contributed by atoms with Gasteiger partial charge in [-0.2, -0.15) is 5.26 Å². The summed E-state index contributed by atoms with van der Waals surface area (Å²) in [5.74, 6) is 1.25. The number of nitrogens with zero attached hydrogens (tertiary/aromatic N) is 3. The largest absolute Gasteiger partial charge is 0.496 e. The molecule has 0 radical (unpaired) electrons. The highest BCUT2D eigenvalue weighted by Crippen LogP contribution is 2.25. The van der Waals surface area contributed by atoms with Gasteiger partial charge < -0.3 is 15.0 Å². The van der Waals surface area contributed by atoms with Crippen LogP contribution >= 0.6 is 0 Å². The fraction of sp³-hybridized carbons (Fsp3) is 0.174. The average molecular weight is 386 g/mol. The normalized spacial score (nSPS) is 10.1. The molecule has 0 aliphatic rings. The van der Waals surface area contributed by atoms with Crippen LogP contribution < -0.4 is 15.0 Å². The number of methoxy groups -OCH3 is 1. The van der Waals surface area contributed by atoms with Gasteiger partial charge in [-0.05, 0) is 35.9 Å². The van der Waals surface area contributed by atoms with Gasteiger partial charge in [0.15, 0.2) is 0 Å². The second-order valence-corrected chi connectivity index (χ2v) is 6.61. The lowest BCUT2D eigenvalue weighted by Gasteiger charge is -2.18. The van der Waals surface area contributed by atoms with Crippen LogP contribution in [0.25, 0.3) is 0 Å². The molecule has 0 saturated carbocycles. The average Bonchev–Trinajstić information content (AvgIpc) is 2.74. The number of likely N-dealkylation sites (N-methyl/N-ethyl adjacent to an activating group) is 1. The second-order valence-electron chi connectivity index (χ2n) is 6.61. The fourth-order valence-corrected chi connectivity index (χ4v) is 2.99. The molecule has 1 aromatic heterocycles. The van der Waals surface area contributed by atoms with E-state index in [4.69, 9.17) is 10.00 Å². The van der Waals surface area contributed by atoms with Crippen molar-refractivity contribution in [3.8, 4) is 11.8 Å². The quantitative estimate of drug-likeness (QED) is 0.671. The van der Waals surface area contributed by atoms with E-state index in [0.717, 1.165) is 11.3 Å². The van der Waals surface area contributed by atoms with E-state index < -0.39 is 0 Å². The van der Waals surface area contributed by atoms with Gasteiger partial charge in [-0.1, -0.05) is 30.3 Å². The van der Waals surface area contributed by atoms with Crippen LogP contribution in [0.15, 0.2) is 66.9 Å². The third kappa shape index (κ3) is 5.33. The number of hydrogen-bond acceptors (Lipinski definition) is 5. The van der Waals surface area contributed by atoms with Crippen LogP contribution in [-0.2, 0) is 11.2 Å². The number of benzene rings is 2. The van der Waals surface area contributed by atoms with Gasteiger partial charge >= 0.3 is 0 Å². The van der Waals surface area contributed by atoms with E-state index in [1.54, 1.807) is 31.2 Å². The van der Waals surface area contributed by atoms with E-state index >= 15 is 0 Å². The van der Waals surface area contributed by atoms with Gasteiger partial charge in [-0.3, -0.25) is 4.79 Å². The van der Waals surface area contributed by atoms with Gasteiger partial charge in [0, 0.05) is 30.9 Å². The summed E-state index contributed by atoms with van der Waals surface area (Å²) in [7, 11) is 3.42. The van der Waals surface area contributed by atoms with Crippen molar-refractivity contribution in [1.29, 1.82) is 5.26 Å². The monoisotopic (exact) mass is 386 g/mol. The van der Waals surface area contributed by atoms with Crippen molar-refractivity contribution < 1.29 is 9.53 Å². The van der Waals surface area contributed by atoms with Crippen LogP contribution in [0.3, 0.4) is 0 Å².